The fourth-order valence-electron chi connectivity index (χ4n) is 4.55. The minimum atomic E-state index is -0.497. The van der Waals surface area contributed by atoms with E-state index in [1.165, 1.54) is 12.3 Å². The standard InChI is InChI=1S/C25H23FN6O/c26-19-11-14(25(33)31-13-22-29-9-10-30-22)5-6-17(19)24-16-4-2-1-3-15(16)23-18(12-27)20(28)7-8-21(23)32-24/h5-12,27H,1-4,13,28H2,(H,29,30)(H,31,33). The predicted octanol–water partition coefficient (Wildman–Crippen LogP) is 4.15. The van der Waals surface area contributed by atoms with Crippen LogP contribution in [0.15, 0.2) is 42.7 Å². The van der Waals surface area contributed by atoms with Gasteiger partial charge in [-0.15, -0.1) is 0 Å². The summed E-state index contributed by atoms with van der Waals surface area (Å²) < 4.78 is 15.3. The van der Waals surface area contributed by atoms with Gasteiger partial charge in [0.2, 0.25) is 0 Å². The zero-order valence-corrected chi connectivity index (χ0v) is 17.9. The molecule has 0 spiro atoms. The molecule has 2 aromatic carbocycles. The number of nitrogens with two attached hydrogens (primary N) is 1. The number of benzene rings is 2. The van der Waals surface area contributed by atoms with Crippen molar-refractivity contribution < 1.29 is 9.18 Å². The quantitative estimate of drug-likeness (QED) is 0.274. The molecule has 7 nitrogen and oxygen atoms in total. The number of pyridine rings is 1. The number of amides is 1. The van der Waals surface area contributed by atoms with Crippen molar-refractivity contribution in [3.63, 3.8) is 0 Å². The Labute approximate surface area is 189 Å². The summed E-state index contributed by atoms with van der Waals surface area (Å²) in [5.41, 5.74) is 11.3. The molecule has 0 aliphatic heterocycles. The highest BCUT2D eigenvalue weighted by molar-refractivity contribution is 6.05. The molecular formula is C25H23FN6O. The van der Waals surface area contributed by atoms with Gasteiger partial charge in [-0.1, -0.05) is 0 Å². The van der Waals surface area contributed by atoms with Crippen molar-refractivity contribution in [2.75, 3.05) is 5.73 Å². The number of carbonyl (C=O) groups is 1. The third kappa shape index (κ3) is 3.73. The van der Waals surface area contributed by atoms with Crippen LogP contribution in [-0.4, -0.2) is 27.1 Å². The average Bonchev–Trinajstić information content (AvgIpc) is 3.36. The number of hydrogen-bond acceptors (Lipinski definition) is 5. The number of nitrogens with one attached hydrogen (secondary N) is 3. The first-order valence-electron chi connectivity index (χ1n) is 10.9. The van der Waals surface area contributed by atoms with Crippen LogP contribution in [0.2, 0.25) is 0 Å². The number of nitrogens with zero attached hydrogens (tertiary/aromatic N) is 2. The van der Waals surface area contributed by atoms with Gasteiger partial charge in [-0.25, -0.2) is 14.4 Å². The van der Waals surface area contributed by atoms with Crippen LogP contribution in [0.3, 0.4) is 0 Å². The zero-order valence-electron chi connectivity index (χ0n) is 17.9. The first-order chi connectivity index (χ1) is 16.1. The Hall–Kier alpha value is -4.07. The van der Waals surface area contributed by atoms with Gasteiger partial charge in [0.1, 0.15) is 11.6 Å². The molecule has 0 saturated carbocycles. The van der Waals surface area contributed by atoms with Crippen LogP contribution < -0.4 is 11.1 Å². The Bertz CT molecular complexity index is 1380. The molecule has 2 heterocycles. The Kier molecular flexibility index (Phi) is 5.34. The topological polar surface area (TPSA) is 121 Å². The van der Waals surface area contributed by atoms with E-state index in [1.54, 1.807) is 30.6 Å². The zero-order chi connectivity index (χ0) is 22.9. The fourth-order valence-corrected chi connectivity index (χ4v) is 4.55. The van der Waals surface area contributed by atoms with Gasteiger partial charge < -0.3 is 21.4 Å². The first-order valence-corrected chi connectivity index (χ1v) is 10.9. The van der Waals surface area contributed by atoms with Gasteiger partial charge >= 0.3 is 0 Å². The van der Waals surface area contributed by atoms with Gasteiger partial charge in [-0.2, -0.15) is 0 Å². The lowest BCUT2D eigenvalue weighted by atomic mass is 9.84. The molecule has 0 saturated heterocycles. The highest BCUT2D eigenvalue weighted by Gasteiger charge is 2.23. The summed E-state index contributed by atoms with van der Waals surface area (Å²) in [7, 11) is 0. The number of nitrogen functional groups attached to an aromatic ring is 1. The van der Waals surface area contributed by atoms with Crippen LogP contribution in [-0.2, 0) is 19.4 Å². The maximum Gasteiger partial charge on any atom is 0.251 e. The fraction of sp³-hybridized carbons (Fsp3) is 0.200. The van der Waals surface area contributed by atoms with Crippen LogP contribution in [0, 0.1) is 11.2 Å². The number of aryl methyl sites for hydroxylation is 1. The Balaban J connectivity index is 1.56. The number of aromatic amines is 1. The third-order valence-corrected chi connectivity index (χ3v) is 6.15. The minimum Gasteiger partial charge on any atom is -0.398 e. The molecule has 1 amide bonds. The van der Waals surface area contributed by atoms with Crippen molar-refractivity contribution in [2.45, 2.75) is 32.2 Å². The summed E-state index contributed by atoms with van der Waals surface area (Å²) in [5.74, 6) is -0.253. The molecule has 1 aliphatic carbocycles. The molecule has 0 atom stereocenters. The second-order valence-electron chi connectivity index (χ2n) is 8.14. The molecule has 0 fully saturated rings. The van der Waals surface area contributed by atoms with E-state index in [2.05, 4.69) is 15.3 Å². The van der Waals surface area contributed by atoms with Crippen molar-refractivity contribution >= 4 is 28.7 Å². The van der Waals surface area contributed by atoms with Gasteiger partial charge in [0.05, 0.1) is 17.8 Å². The molecule has 33 heavy (non-hydrogen) atoms. The SMILES string of the molecule is N=Cc1c(N)ccc2nc(-c3ccc(C(=O)NCc4ncc[nH]4)cc3F)c3c(c12)CCCC3. The highest BCUT2D eigenvalue weighted by Crippen LogP contribution is 2.38. The normalized spacial score (nSPS) is 13.0. The lowest BCUT2D eigenvalue weighted by molar-refractivity contribution is 0.0949. The Morgan fingerprint density at radius 1 is 1.21 bits per heavy atom. The number of aromatic nitrogens is 3. The molecule has 5 N–H and O–H groups in total. The number of anilines is 1. The molecule has 4 aromatic rings. The Morgan fingerprint density at radius 3 is 2.76 bits per heavy atom. The van der Waals surface area contributed by atoms with Crippen LogP contribution in [0.25, 0.3) is 22.2 Å². The number of carbonyl (C=O) groups excluding carboxylic acids is 1. The summed E-state index contributed by atoms with van der Waals surface area (Å²) in [5, 5.41) is 11.5. The number of halogens is 1. The van der Waals surface area contributed by atoms with E-state index in [0.717, 1.165) is 42.2 Å². The monoisotopic (exact) mass is 442 g/mol. The lowest BCUT2D eigenvalue weighted by Crippen LogP contribution is -2.23. The number of fused-ring (bicyclic) bond motifs is 3. The highest BCUT2D eigenvalue weighted by atomic mass is 19.1. The van der Waals surface area contributed by atoms with Crippen LogP contribution in [0.1, 0.15) is 45.7 Å². The minimum absolute atomic E-state index is 0.230. The number of hydrogen-bond donors (Lipinski definition) is 4. The van der Waals surface area contributed by atoms with E-state index >= 15 is 4.39 Å². The Morgan fingerprint density at radius 2 is 2.03 bits per heavy atom. The van der Waals surface area contributed by atoms with Crippen molar-refractivity contribution in [2.24, 2.45) is 0 Å². The van der Waals surface area contributed by atoms with Gasteiger partial charge in [-0.05, 0) is 67.1 Å². The number of rotatable bonds is 5. The van der Waals surface area contributed by atoms with E-state index in [4.69, 9.17) is 16.1 Å². The predicted molar refractivity (Wildman–Crippen MR) is 126 cm³/mol. The maximum absolute atomic E-state index is 15.3. The van der Waals surface area contributed by atoms with Crippen LogP contribution in [0.5, 0.6) is 0 Å². The molecule has 166 valence electrons. The van der Waals surface area contributed by atoms with E-state index in [0.29, 0.717) is 33.8 Å². The summed E-state index contributed by atoms with van der Waals surface area (Å²) in [4.78, 5) is 24.3. The molecule has 2 aromatic heterocycles. The first kappa shape index (κ1) is 20.8. The van der Waals surface area contributed by atoms with Crippen molar-refractivity contribution in [3.05, 3.63) is 76.6 Å². The molecule has 0 bridgehead atoms. The number of H-pyrrole nitrogens is 1. The molecule has 1 aliphatic rings. The molecule has 5 rings (SSSR count). The largest absolute Gasteiger partial charge is 0.398 e. The van der Waals surface area contributed by atoms with Gasteiger partial charge in [0.25, 0.3) is 5.91 Å². The van der Waals surface area contributed by atoms with E-state index in [-0.39, 0.29) is 18.0 Å². The molecule has 8 heteroatoms. The van der Waals surface area contributed by atoms with Crippen LogP contribution in [0.4, 0.5) is 10.1 Å². The third-order valence-electron chi connectivity index (χ3n) is 6.15. The molecule has 0 unspecified atom stereocenters. The summed E-state index contributed by atoms with van der Waals surface area (Å²) in [6.45, 7) is 0.230. The van der Waals surface area contributed by atoms with E-state index in [1.807, 2.05) is 6.07 Å². The van der Waals surface area contributed by atoms with Crippen LogP contribution >= 0.6 is 0 Å². The maximum atomic E-state index is 15.3. The van der Waals surface area contributed by atoms with E-state index in [9.17, 15) is 4.79 Å². The van der Waals surface area contributed by atoms with Crippen molar-refractivity contribution in [1.29, 1.82) is 5.41 Å². The van der Waals surface area contributed by atoms with Gasteiger partial charge in [0, 0.05) is 46.4 Å². The summed E-state index contributed by atoms with van der Waals surface area (Å²) in [6, 6.07) is 8.04. The second-order valence-corrected chi connectivity index (χ2v) is 8.14. The lowest BCUT2D eigenvalue weighted by Gasteiger charge is -2.23. The van der Waals surface area contributed by atoms with Gasteiger partial charge in [-0.3, -0.25) is 4.79 Å². The number of imidazole rings is 1. The van der Waals surface area contributed by atoms with Crippen molar-refractivity contribution in [3.8, 4) is 11.3 Å². The average molecular weight is 442 g/mol. The molecule has 0 radical (unpaired) electrons. The van der Waals surface area contributed by atoms with Crippen molar-refractivity contribution in [1.82, 2.24) is 20.3 Å². The van der Waals surface area contributed by atoms with Gasteiger partial charge in [0.15, 0.2) is 0 Å². The summed E-state index contributed by atoms with van der Waals surface area (Å²) in [6.07, 6.45) is 8.17. The smallest absolute Gasteiger partial charge is 0.251 e. The summed E-state index contributed by atoms with van der Waals surface area (Å²) >= 11 is 0. The molecular weight excluding hydrogens is 419 g/mol. The second kappa shape index (κ2) is 8.46. The van der Waals surface area contributed by atoms with E-state index < -0.39 is 5.82 Å².